The molecule has 0 saturated carbocycles. The maximum absolute atomic E-state index is 11.2. The lowest BCUT2D eigenvalue weighted by Gasteiger charge is -2.25. The Hall–Kier alpha value is -2.73. The zero-order valence-corrected chi connectivity index (χ0v) is 13.1. The summed E-state index contributed by atoms with van der Waals surface area (Å²) in [7, 11) is 3.92. The molecule has 0 fully saturated rings. The van der Waals surface area contributed by atoms with Crippen LogP contribution in [0, 0.1) is 10.1 Å². The number of nitrogens with one attached hydrogen (secondary N) is 1. The number of nitro benzene ring substituents is 1. The topological polar surface area (TPSA) is 75.5 Å². The number of rotatable bonds is 7. The van der Waals surface area contributed by atoms with Gasteiger partial charge in [0.2, 0.25) is 0 Å². The molecule has 2 rings (SSSR count). The van der Waals surface area contributed by atoms with E-state index in [-0.39, 0.29) is 17.3 Å². The maximum Gasteiger partial charge on any atom is 0.293 e. The number of hydrogen-bond donors (Lipinski definition) is 1. The van der Waals surface area contributed by atoms with Gasteiger partial charge in [0.05, 0.1) is 11.0 Å². The highest BCUT2D eigenvalue weighted by Gasteiger charge is 2.18. The molecule has 23 heavy (non-hydrogen) atoms. The highest BCUT2D eigenvalue weighted by atomic mass is 16.6. The van der Waals surface area contributed by atoms with Crippen molar-refractivity contribution in [1.82, 2.24) is 4.90 Å². The van der Waals surface area contributed by atoms with Gasteiger partial charge in [-0.25, -0.2) is 0 Å². The Morgan fingerprint density at radius 3 is 2.48 bits per heavy atom. The van der Waals surface area contributed by atoms with Crippen LogP contribution < -0.4 is 5.32 Å². The number of aldehydes is 1. The fraction of sp³-hybridized carbons (Fsp3) is 0.235. The zero-order valence-electron chi connectivity index (χ0n) is 13.1. The third-order valence-electron chi connectivity index (χ3n) is 3.65. The minimum absolute atomic E-state index is 0.0709. The number of nitrogens with zero attached hydrogens (tertiary/aromatic N) is 2. The van der Waals surface area contributed by atoms with Gasteiger partial charge in [-0.15, -0.1) is 0 Å². The molecule has 0 amide bonds. The second kappa shape index (κ2) is 7.51. The van der Waals surface area contributed by atoms with Crippen LogP contribution >= 0.6 is 0 Å². The van der Waals surface area contributed by atoms with E-state index in [1.807, 2.05) is 49.3 Å². The Balaban J connectivity index is 2.21. The van der Waals surface area contributed by atoms with Crippen LogP contribution in [0.3, 0.4) is 0 Å². The van der Waals surface area contributed by atoms with Gasteiger partial charge < -0.3 is 10.2 Å². The van der Waals surface area contributed by atoms with Crippen molar-refractivity contribution in [3.63, 3.8) is 0 Å². The molecule has 0 radical (unpaired) electrons. The van der Waals surface area contributed by atoms with Gasteiger partial charge in [0.15, 0.2) is 0 Å². The van der Waals surface area contributed by atoms with Crippen LogP contribution in [-0.4, -0.2) is 36.7 Å². The lowest BCUT2D eigenvalue weighted by molar-refractivity contribution is -0.384. The summed E-state index contributed by atoms with van der Waals surface area (Å²) < 4.78 is 0. The maximum atomic E-state index is 11.2. The first-order valence-corrected chi connectivity index (χ1v) is 7.21. The van der Waals surface area contributed by atoms with E-state index >= 15 is 0 Å². The SMILES string of the molecule is CN(C)[C@@H](CNc1ccc(C=O)cc1[N+](=O)[O-])c1ccccc1. The van der Waals surface area contributed by atoms with E-state index in [4.69, 9.17) is 0 Å². The van der Waals surface area contributed by atoms with Crippen LogP contribution in [0.5, 0.6) is 0 Å². The van der Waals surface area contributed by atoms with Crippen LogP contribution in [0.15, 0.2) is 48.5 Å². The molecular weight excluding hydrogens is 294 g/mol. The molecule has 0 aliphatic carbocycles. The van der Waals surface area contributed by atoms with Gasteiger partial charge in [0, 0.05) is 18.2 Å². The number of benzene rings is 2. The molecule has 2 aromatic carbocycles. The minimum Gasteiger partial charge on any atom is -0.378 e. The number of carbonyl (C=O) groups excluding carboxylic acids is 1. The van der Waals surface area contributed by atoms with Gasteiger partial charge in [-0.3, -0.25) is 14.9 Å². The van der Waals surface area contributed by atoms with Crippen LogP contribution in [0.2, 0.25) is 0 Å². The predicted molar refractivity (Wildman–Crippen MR) is 89.8 cm³/mol. The predicted octanol–water partition coefficient (Wildman–Crippen LogP) is 3.12. The molecule has 0 aromatic heterocycles. The second-order valence-electron chi connectivity index (χ2n) is 5.42. The van der Waals surface area contributed by atoms with E-state index in [9.17, 15) is 14.9 Å². The van der Waals surface area contributed by atoms with Crippen molar-refractivity contribution in [3.05, 3.63) is 69.8 Å². The molecule has 0 aliphatic heterocycles. The van der Waals surface area contributed by atoms with Gasteiger partial charge in [-0.2, -0.15) is 0 Å². The number of hydrogen-bond acceptors (Lipinski definition) is 5. The lowest BCUT2D eigenvalue weighted by atomic mass is 10.1. The summed E-state index contributed by atoms with van der Waals surface area (Å²) in [6, 6.07) is 14.4. The molecule has 0 saturated heterocycles. The molecule has 0 unspecified atom stereocenters. The quantitative estimate of drug-likeness (QED) is 0.483. The van der Waals surface area contributed by atoms with Crippen molar-refractivity contribution in [3.8, 4) is 0 Å². The molecule has 2 aromatic rings. The summed E-state index contributed by atoms with van der Waals surface area (Å²) in [5.41, 5.74) is 1.72. The van der Waals surface area contributed by atoms with Gasteiger partial charge in [0.1, 0.15) is 12.0 Å². The summed E-state index contributed by atoms with van der Waals surface area (Å²) in [4.78, 5) is 23.5. The summed E-state index contributed by atoms with van der Waals surface area (Å²) in [6.45, 7) is 0.512. The fourth-order valence-corrected chi connectivity index (χ4v) is 2.40. The Kier molecular flexibility index (Phi) is 5.43. The van der Waals surface area contributed by atoms with E-state index in [1.165, 1.54) is 6.07 Å². The molecule has 0 heterocycles. The van der Waals surface area contributed by atoms with Gasteiger partial charge in [-0.1, -0.05) is 30.3 Å². The summed E-state index contributed by atoms with van der Waals surface area (Å²) in [5.74, 6) is 0. The second-order valence-corrected chi connectivity index (χ2v) is 5.42. The van der Waals surface area contributed by atoms with Gasteiger partial charge in [-0.05, 0) is 31.8 Å². The monoisotopic (exact) mass is 313 g/mol. The summed E-state index contributed by atoms with van der Waals surface area (Å²) in [5, 5.41) is 14.3. The summed E-state index contributed by atoms with van der Waals surface area (Å²) >= 11 is 0. The van der Waals surface area contributed by atoms with E-state index in [0.717, 1.165) is 5.56 Å². The van der Waals surface area contributed by atoms with Crippen LogP contribution in [0.4, 0.5) is 11.4 Å². The molecule has 0 bridgehead atoms. The van der Waals surface area contributed by atoms with E-state index in [2.05, 4.69) is 5.32 Å². The average Bonchev–Trinajstić information content (AvgIpc) is 2.55. The first kappa shape index (κ1) is 16.6. The first-order chi connectivity index (χ1) is 11.0. The molecule has 6 nitrogen and oxygen atoms in total. The number of carbonyl (C=O) groups is 1. The van der Waals surface area contributed by atoms with Gasteiger partial charge >= 0.3 is 0 Å². The molecule has 0 aliphatic rings. The van der Waals surface area contributed by atoms with Crippen molar-refractivity contribution < 1.29 is 9.72 Å². The van der Waals surface area contributed by atoms with Crippen LogP contribution in [-0.2, 0) is 0 Å². The molecule has 6 heteroatoms. The molecule has 0 spiro atoms. The lowest BCUT2D eigenvalue weighted by Crippen LogP contribution is -2.27. The normalized spacial score (nSPS) is 12.0. The van der Waals surface area contributed by atoms with Crippen molar-refractivity contribution in [2.75, 3.05) is 26.0 Å². The largest absolute Gasteiger partial charge is 0.378 e. The third-order valence-corrected chi connectivity index (χ3v) is 3.65. The molecular formula is C17H19N3O3. The molecule has 1 N–H and O–H groups in total. The smallest absolute Gasteiger partial charge is 0.293 e. The zero-order chi connectivity index (χ0) is 16.8. The Bertz CT molecular complexity index is 687. The third kappa shape index (κ3) is 4.14. The van der Waals surface area contributed by atoms with Gasteiger partial charge in [0.25, 0.3) is 5.69 Å². The Labute approximate surface area is 134 Å². The standard InChI is InChI=1S/C17H19N3O3/c1-19(2)17(14-6-4-3-5-7-14)11-18-15-9-8-13(12-21)10-16(15)20(22)23/h3-10,12,17-18H,11H2,1-2H3/t17-/m0/s1. The van der Waals surface area contributed by atoms with Crippen molar-refractivity contribution in [2.24, 2.45) is 0 Å². The Morgan fingerprint density at radius 1 is 1.22 bits per heavy atom. The average molecular weight is 313 g/mol. The molecule has 120 valence electrons. The van der Waals surface area contributed by atoms with Crippen molar-refractivity contribution in [2.45, 2.75) is 6.04 Å². The molecule has 1 atom stereocenters. The highest BCUT2D eigenvalue weighted by molar-refractivity contribution is 5.79. The van der Waals surface area contributed by atoms with Crippen molar-refractivity contribution in [1.29, 1.82) is 0 Å². The van der Waals surface area contributed by atoms with Crippen molar-refractivity contribution >= 4 is 17.7 Å². The number of likely N-dealkylation sites (N-methyl/N-ethyl adjacent to an activating group) is 1. The Morgan fingerprint density at radius 2 is 1.91 bits per heavy atom. The summed E-state index contributed by atoms with van der Waals surface area (Å²) in [6.07, 6.45) is 0.601. The highest BCUT2D eigenvalue weighted by Crippen LogP contribution is 2.27. The van der Waals surface area contributed by atoms with E-state index < -0.39 is 4.92 Å². The minimum atomic E-state index is -0.484. The van der Waals surface area contributed by atoms with E-state index in [0.29, 0.717) is 18.5 Å². The number of anilines is 1. The van der Waals surface area contributed by atoms with Crippen LogP contribution in [0.25, 0.3) is 0 Å². The number of nitro groups is 1. The van der Waals surface area contributed by atoms with E-state index in [1.54, 1.807) is 12.1 Å². The fourth-order valence-electron chi connectivity index (χ4n) is 2.40. The van der Waals surface area contributed by atoms with Crippen LogP contribution in [0.1, 0.15) is 22.0 Å². The first-order valence-electron chi connectivity index (χ1n) is 7.21.